The monoisotopic (exact) mass is 306 g/mol. The molecule has 0 amide bonds. The van der Waals surface area contributed by atoms with Gasteiger partial charge in [0.1, 0.15) is 5.75 Å². The molecule has 0 aromatic heterocycles. The lowest BCUT2D eigenvalue weighted by Crippen LogP contribution is -1.85. The van der Waals surface area contributed by atoms with Crippen molar-refractivity contribution in [1.29, 1.82) is 0 Å². The molecule has 0 aliphatic heterocycles. The molecule has 3 aromatic carbocycles. The van der Waals surface area contributed by atoms with E-state index in [1.807, 2.05) is 18.2 Å². The molecule has 110 valence electrons. The fourth-order valence-electron chi connectivity index (χ4n) is 2.40. The molecular weight excluding hydrogens is 288 g/mol. The first kappa shape index (κ1) is 14.7. The highest BCUT2D eigenvalue weighted by Crippen LogP contribution is 2.33. The molecule has 0 spiro atoms. The van der Waals surface area contributed by atoms with E-state index in [1.54, 1.807) is 18.9 Å². The van der Waals surface area contributed by atoms with Crippen LogP contribution in [0.5, 0.6) is 5.75 Å². The minimum absolute atomic E-state index is 0.885. The Morgan fingerprint density at radius 3 is 2.32 bits per heavy atom. The van der Waals surface area contributed by atoms with Gasteiger partial charge < -0.3 is 4.74 Å². The van der Waals surface area contributed by atoms with Crippen molar-refractivity contribution < 1.29 is 4.74 Å². The molecule has 2 heteroatoms. The van der Waals surface area contributed by atoms with Gasteiger partial charge in [-0.1, -0.05) is 48.2 Å². The van der Waals surface area contributed by atoms with Crippen molar-refractivity contribution in [3.63, 3.8) is 0 Å². The van der Waals surface area contributed by atoms with Gasteiger partial charge in [0, 0.05) is 9.79 Å². The Labute approximate surface area is 136 Å². The smallest absolute Gasteiger partial charge is 0.119 e. The van der Waals surface area contributed by atoms with Gasteiger partial charge in [-0.25, -0.2) is 0 Å². The summed E-state index contributed by atoms with van der Waals surface area (Å²) in [5.74, 6) is 0.885. The summed E-state index contributed by atoms with van der Waals surface area (Å²) in [6, 6.07) is 25.3. The summed E-state index contributed by atoms with van der Waals surface area (Å²) in [4.78, 5) is 2.51. The number of rotatable bonds is 4. The Bertz CT molecular complexity index is 766. The summed E-state index contributed by atoms with van der Waals surface area (Å²) in [5.41, 5.74) is 3.66. The number of methoxy groups -OCH3 is 1. The van der Waals surface area contributed by atoms with E-state index in [9.17, 15) is 0 Å². The van der Waals surface area contributed by atoms with E-state index < -0.39 is 0 Å². The highest BCUT2D eigenvalue weighted by Gasteiger charge is 2.04. The highest BCUT2D eigenvalue weighted by atomic mass is 32.2. The SMILES string of the molecule is COc1cccc(-c2cc(C)cc(Sc3ccccc3)c2)c1. The molecule has 0 N–H and O–H groups in total. The van der Waals surface area contributed by atoms with Crippen LogP contribution in [-0.2, 0) is 0 Å². The first-order chi connectivity index (χ1) is 10.7. The van der Waals surface area contributed by atoms with Gasteiger partial charge in [0.15, 0.2) is 0 Å². The van der Waals surface area contributed by atoms with Crippen LogP contribution >= 0.6 is 11.8 Å². The second kappa shape index (κ2) is 6.71. The maximum absolute atomic E-state index is 5.33. The van der Waals surface area contributed by atoms with E-state index in [2.05, 4.69) is 61.5 Å². The summed E-state index contributed by atoms with van der Waals surface area (Å²) >= 11 is 1.79. The van der Waals surface area contributed by atoms with Crippen LogP contribution in [0.15, 0.2) is 82.6 Å². The summed E-state index contributed by atoms with van der Waals surface area (Å²) in [6.45, 7) is 2.14. The topological polar surface area (TPSA) is 9.23 Å². The molecule has 0 saturated heterocycles. The Morgan fingerprint density at radius 2 is 1.55 bits per heavy atom. The van der Waals surface area contributed by atoms with Crippen LogP contribution in [0.1, 0.15) is 5.56 Å². The average Bonchev–Trinajstić information content (AvgIpc) is 2.55. The van der Waals surface area contributed by atoms with Gasteiger partial charge in [-0.05, 0) is 60.0 Å². The van der Waals surface area contributed by atoms with Crippen LogP contribution in [-0.4, -0.2) is 7.11 Å². The van der Waals surface area contributed by atoms with Crippen molar-refractivity contribution in [1.82, 2.24) is 0 Å². The molecule has 0 fully saturated rings. The van der Waals surface area contributed by atoms with E-state index in [0.29, 0.717) is 0 Å². The molecular formula is C20H18OS. The zero-order chi connectivity index (χ0) is 15.4. The minimum atomic E-state index is 0.885. The molecule has 0 bridgehead atoms. The molecule has 0 atom stereocenters. The lowest BCUT2D eigenvalue weighted by molar-refractivity contribution is 0.415. The summed E-state index contributed by atoms with van der Waals surface area (Å²) in [5, 5.41) is 0. The number of hydrogen-bond acceptors (Lipinski definition) is 2. The molecule has 3 aromatic rings. The number of ether oxygens (including phenoxy) is 1. The fraction of sp³-hybridized carbons (Fsp3) is 0.100. The zero-order valence-corrected chi connectivity index (χ0v) is 13.6. The van der Waals surface area contributed by atoms with Crippen molar-refractivity contribution >= 4 is 11.8 Å². The van der Waals surface area contributed by atoms with Crippen LogP contribution in [0.3, 0.4) is 0 Å². The van der Waals surface area contributed by atoms with Crippen LogP contribution in [0.25, 0.3) is 11.1 Å². The minimum Gasteiger partial charge on any atom is -0.497 e. The number of hydrogen-bond donors (Lipinski definition) is 0. The standard InChI is InChI=1S/C20H18OS/c1-15-11-17(16-7-6-8-18(13-16)21-2)14-20(12-15)22-19-9-4-3-5-10-19/h3-14H,1-2H3. The molecule has 0 heterocycles. The highest BCUT2D eigenvalue weighted by molar-refractivity contribution is 7.99. The van der Waals surface area contributed by atoms with Crippen molar-refractivity contribution in [2.24, 2.45) is 0 Å². The maximum atomic E-state index is 5.33. The van der Waals surface area contributed by atoms with Gasteiger partial charge in [-0.3, -0.25) is 0 Å². The quantitative estimate of drug-likeness (QED) is 0.600. The van der Waals surface area contributed by atoms with Crippen LogP contribution in [0.2, 0.25) is 0 Å². The third-order valence-corrected chi connectivity index (χ3v) is 4.41. The first-order valence-electron chi connectivity index (χ1n) is 7.23. The normalized spacial score (nSPS) is 10.5. The van der Waals surface area contributed by atoms with Crippen molar-refractivity contribution in [3.8, 4) is 16.9 Å². The van der Waals surface area contributed by atoms with E-state index >= 15 is 0 Å². The summed E-state index contributed by atoms with van der Waals surface area (Å²) in [6.07, 6.45) is 0. The maximum Gasteiger partial charge on any atom is 0.119 e. The van der Waals surface area contributed by atoms with Crippen LogP contribution < -0.4 is 4.74 Å². The fourth-order valence-corrected chi connectivity index (χ4v) is 3.40. The Kier molecular flexibility index (Phi) is 4.50. The average molecular weight is 306 g/mol. The third-order valence-electron chi connectivity index (χ3n) is 3.43. The van der Waals surface area contributed by atoms with Crippen LogP contribution in [0, 0.1) is 6.92 Å². The Hall–Kier alpha value is -2.19. The lowest BCUT2D eigenvalue weighted by Gasteiger charge is -2.09. The first-order valence-corrected chi connectivity index (χ1v) is 8.05. The van der Waals surface area contributed by atoms with E-state index in [4.69, 9.17) is 4.74 Å². The number of benzene rings is 3. The van der Waals surface area contributed by atoms with Gasteiger partial charge >= 0.3 is 0 Å². The molecule has 0 unspecified atom stereocenters. The van der Waals surface area contributed by atoms with Gasteiger partial charge in [-0.2, -0.15) is 0 Å². The largest absolute Gasteiger partial charge is 0.497 e. The van der Waals surface area contributed by atoms with Gasteiger partial charge in [0.25, 0.3) is 0 Å². The number of aryl methyl sites for hydroxylation is 1. The molecule has 0 aliphatic carbocycles. The van der Waals surface area contributed by atoms with Gasteiger partial charge in [0.05, 0.1) is 7.11 Å². The van der Waals surface area contributed by atoms with E-state index in [-0.39, 0.29) is 0 Å². The third kappa shape index (κ3) is 3.52. The van der Waals surface area contributed by atoms with Crippen molar-refractivity contribution in [2.45, 2.75) is 16.7 Å². The molecule has 22 heavy (non-hydrogen) atoms. The molecule has 0 aliphatic rings. The molecule has 0 radical (unpaired) electrons. The lowest BCUT2D eigenvalue weighted by atomic mass is 10.0. The van der Waals surface area contributed by atoms with Crippen LogP contribution in [0.4, 0.5) is 0 Å². The Morgan fingerprint density at radius 1 is 0.727 bits per heavy atom. The molecule has 0 saturated carbocycles. The molecule has 3 rings (SSSR count). The molecule has 1 nitrogen and oxygen atoms in total. The Balaban J connectivity index is 1.95. The van der Waals surface area contributed by atoms with E-state index in [0.717, 1.165) is 5.75 Å². The van der Waals surface area contributed by atoms with E-state index in [1.165, 1.54) is 26.5 Å². The predicted molar refractivity (Wildman–Crippen MR) is 93.7 cm³/mol. The van der Waals surface area contributed by atoms with Gasteiger partial charge in [-0.15, -0.1) is 0 Å². The van der Waals surface area contributed by atoms with Gasteiger partial charge in [0.2, 0.25) is 0 Å². The zero-order valence-electron chi connectivity index (χ0n) is 12.7. The van der Waals surface area contributed by atoms with Crippen molar-refractivity contribution in [2.75, 3.05) is 7.11 Å². The second-order valence-corrected chi connectivity index (χ2v) is 6.33. The van der Waals surface area contributed by atoms with Crippen molar-refractivity contribution in [3.05, 3.63) is 78.4 Å². The summed E-state index contributed by atoms with van der Waals surface area (Å²) in [7, 11) is 1.70. The second-order valence-electron chi connectivity index (χ2n) is 5.18. The predicted octanol–water partition coefficient (Wildman–Crippen LogP) is 5.82. The summed E-state index contributed by atoms with van der Waals surface area (Å²) < 4.78 is 5.33.